The van der Waals surface area contributed by atoms with E-state index in [1.54, 1.807) is 0 Å². The minimum Gasteiger partial charge on any atom is -0.493 e. The Morgan fingerprint density at radius 3 is 0.962 bits per heavy atom. The molecule has 6 atom stereocenters. The smallest absolute Gasteiger partial charge is 0.248 e. The molecule has 3 aliphatic rings. The standard InChI is InChI=1S/C48H38N4O2.C46H34N4O2/c1-3-31-24-32(4-2)35(25-31)30-53-38-15-13-14-33(28-38)47-49-50-48(54-47)34-26-36(51-43-20-9-5-16-39(43)40-17-6-10-21-44(40)51)29-37(27-34)52-45-22-11-7-18-41(45)42-19-8-12-23-46(42)52;1-5-16-41-37(12-1)38-13-2-6-17-42(38)49(41)34-24-32(25-35(27-34)50-43-18-7-3-14-39(43)40-15-4-8-19-44(40)50)46-48-47-45(52-46)31-10-9-11-36(26-31)51-28-33-23-29-20-21-30(33)22-29/h3-23,26-29,31-32,35H,1-2,24-25,30H2;1-21,24-27,29-30,33H,22-23,28H2. The maximum Gasteiger partial charge on any atom is 0.248 e. The van der Waals surface area contributed by atoms with Crippen molar-refractivity contribution in [2.45, 2.75) is 25.7 Å². The van der Waals surface area contributed by atoms with Gasteiger partial charge in [-0.3, -0.25) is 0 Å². The number of ether oxygens (including phenoxy) is 2. The van der Waals surface area contributed by atoms with Gasteiger partial charge in [-0.25, -0.2) is 0 Å². The number of aromatic nitrogens is 8. The van der Waals surface area contributed by atoms with Crippen molar-refractivity contribution in [1.29, 1.82) is 0 Å². The van der Waals surface area contributed by atoms with Crippen LogP contribution in [0.4, 0.5) is 0 Å². The number of nitrogens with zero attached hydrogens (tertiary/aromatic N) is 8. The Kier molecular flexibility index (Phi) is 15.4. The Labute approximate surface area is 611 Å². The Balaban J connectivity index is 0.000000140. The van der Waals surface area contributed by atoms with E-state index >= 15 is 0 Å². The van der Waals surface area contributed by atoms with Gasteiger partial charge in [0.25, 0.3) is 0 Å². The molecule has 12 heteroatoms. The van der Waals surface area contributed by atoms with Gasteiger partial charge in [0, 0.05) is 88.1 Å². The van der Waals surface area contributed by atoms with Crippen molar-refractivity contribution in [2.24, 2.45) is 35.5 Å². The fourth-order valence-corrected chi connectivity index (χ4v) is 17.5. The monoisotopic (exact) mass is 1380 g/mol. The number of benzene rings is 12. The molecule has 0 aliphatic heterocycles. The third-order valence-electron chi connectivity index (χ3n) is 22.4. The predicted molar refractivity (Wildman–Crippen MR) is 428 cm³/mol. The van der Waals surface area contributed by atoms with Crippen LogP contribution < -0.4 is 9.47 Å². The quantitative estimate of drug-likeness (QED) is 0.0879. The molecule has 106 heavy (non-hydrogen) atoms. The van der Waals surface area contributed by atoms with E-state index < -0.39 is 0 Å². The highest BCUT2D eigenvalue weighted by Crippen LogP contribution is 2.46. The van der Waals surface area contributed by atoms with E-state index in [0.29, 0.717) is 59.8 Å². The SMILES string of the molecule is C1=CC2CC1CC2COc1cccc(-c2nnc(-c3cc(-n4c5ccccc5c5ccccc54)cc(-n4c5ccccc5c5ccccc54)c3)o2)c1.C=CC1CC(C=C)C(COc2cccc(-c3nnc(-c4cc(-n5c6ccccc6c6ccccc65)cc(-n5c6ccccc6c6ccccc65)c4)o3)c2)C1. The summed E-state index contributed by atoms with van der Waals surface area (Å²) < 4.78 is 35.1. The Bertz CT molecular complexity index is 6040. The molecule has 21 rings (SSSR count). The van der Waals surface area contributed by atoms with Gasteiger partial charge in [-0.05, 0) is 183 Å². The van der Waals surface area contributed by atoms with Crippen LogP contribution in [0.5, 0.6) is 11.5 Å². The van der Waals surface area contributed by atoms with Crippen molar-refractivity contribution in [3.63, 3.8) is 0 Å². The topological polar surface area (TPSA) is 116 Å². The Morgan fingerprint density at radius 1 is 0.321 bits per heavy atom. The van der Waals surface area contributed by atoms with E-state index in [4.69, 9.17) is 18.3 Å². The van der Waals surface area contributed by atoms with Crippen LogP contribution in [0.2, 0.25) is 0 Å². The molecule has 6 unspecified atom stereocenters. The van der Waals surface area contributed by atoms with E-state index in [2.05, 4.69) is 307 Å². The summed E-state index contributed by atoms with van der Waals surface area (Å²) in [5, 5.41) is 28.0. The van der Waals surface area contributed by atoms with E-state index in [1.165, 1.54) is 55.9 Å². The van der Waals surface area contributed by atoms with Crippen molar-refractivity contribution in [3.05, 3.63) is 317 Å². The number of hydrogen-bond donors (Lipinski definition) is 0. The van der Waals surface area contributed by atoms with Crippen LogP contribution in [0.15, 0.2) is 325 Å². The normalized spacial score (nSPS) is 17.6. The third kappa shape index (κ3) is 10.9. The van der Waals surface area contributed by atoms with Crippen LogP contribution in [0.25, 0.3) is 156 Å². The lowest BCUT2D eigenvalue weighted by Crippen LogP contribution is -2.16. The highest BCUT2D eigenvalue weighted by atomic mass is 16.5. The number of para-hydroxylation sites is 8. The van der Waals surface area contributed by atoms with Crippen LogP contribution in [0.1, 0.15) is 25.7 Å². The lowest BCUT2D eigenvalue weighted by molar-refractivity contribution is 0.228. The lowest BCUT2D eigenvalue weighted by Gasteiger charge is -2.18. The Hall–Kier alpha value is -13.1. The number of fused-ring (bicyclic) bond motifs is 14. The van der Waals surface area contributed by atoms with Crippen LogP contribution in [-0.2, 0) is 0 Å². The largest absolute Gasteiger partial charge is 0.493 e. The highest BCUT2D eigenvalue weighted by Gasteiger charge is 2.36. The molecule has 0 spiro atoms. The first-order valence-corrected chi connectivity index (χ1v) is 36.7. The average molecular weight is 1380 g/mol. The molecule has 2 bridgehead atoms. The van der Waals surface area contributed by atoms with E-state index in [9.17, 15) is 0 Å². The molecule has 3 aliphatic carbocycles. The van der Waals surface area contributed by atoms with Crippen molar-refractivity contribution >= 4 is 87.2 Å². The minimum atomic E-state index is 0.412. The molecule has 2 saturated carbocycles. The number of rotatable bonds is 16. The summed E-state index contributed by atoms with van der Waals surface area (Å²) in [6, 6.07) is 97.8. The van der Waals surface area contributed by atoms with Gasteiger partial charge in [0.05, 0.1) is 57.3 Å². The van der Waals surface area contributed by atoms with Gasteiger partial charge < -0.3 is 36.6 Å². The summed E-state index contributed by atoms with van der Waals surface area (Å²) >= 11 is 0. The summed E-state index contributed by atoms with van der Waals surface area (Å²) in [6.07, 6.45) is 13.5. The first kappa shape index (κ1) is 62.7. The van der Waals surface area contributed by atoms with Gasteiger partial charge >= 0.3 is 0 Å². The predicted octanol–water partition coefficient (Wildman–Crippen LogP) is 23.2. The summed E-state index contributed by atoms with van der Waals surface area (Å²) in [5.74, 6) is 6.71. The molecule has 512 valence electrons. The summed E-state index contributed by atoms with van der Waals surface area (Å²) in [5.41, 5.74) is 16.4. The highest BCUT2D eigenvalue weighted by molar-refractivity contribution is 6.13. The van der Waals surface area contributed by atoms with Gasteiger partial charge in [0.1, 0.15) is 11.5 Å². The van der Waals surface area contributed by atoms with Gasteiger partial charge in [0.15, 0.2) is 0 Å². The second-order valence-electron chi connectivity index (χ2n) is 28.6. The molecule has 0 amide bonds. The van der Waals surface area contributed by atoms with Crippen LogP contribution in [0.3, 0.4) is 0 Å². The summed E-state index contributed by atoms with van der Waals surface area (Å²) in [4.78, 5) is 0. The zero-order valence-corrected chi connectivity index (χ0v) is 58.2. The molecular formula is C94H72N8O4. The maximum absolute atomic E-state index is 6.53. The Morgan fingerprint density at radius 2 is 0.651 bits per heavy atom. The second-order valence-corrected chi connectivity index (χ2v) is 28.6. The lowest BCUT2D eigenvalue weighted by atomic mass is 9.95. The van der Waals surface area contributed by atoms with Gasteiger partial charge in [0.2, 0.25) is 23.6 Å². The zero-order valence-electron chi connectivity index (χ0n) is 58.2. The van der Waals surface area contributed by atoms with Gasteiger partial charge in [-0.2, -0.15) is 0 Å². The van der Waals surface area contributed by atoms with Gasteiger partial charge in [-0.1, -0.05) is 182 Å². The number of allylic oxidation sites excluding steroid dienone is 4. The average Bonchev–Trinajstić information content (AvgIpc) is 1.59. The molecule has 6 heterocycles. The fourth-order valence-electron chi connectivity index (χ4n) is 17.5. The third-order valence-corrected chi connectivity index (χ3v) is 22.4. The molecule has 0 N–H and O–H groups in total. The maximum atomic E-state index is 6.53. The van der Waals surface area contributed by atoms with Crippen molar-refractivity contribution in [1.82, 2.24) is 38.7 Å². The molecule has 18 aromatic rings. The summed E-state index contributed by atoms with van der Waals surface area (Å²) in [7, 11) is 0. The number of hydrogen-bond acceptors (Lipinski definition) is 8. The molecule has 0 radical (unpaired) electrons. The van der Waals surface area contributed by atoms with Crippen molar-refractivity contribution in [3.8, 4) is 80.1 Å². The molecule has 12 nitrogen and oxygen atoms in total. The molecule has 0 saturated heterocycles. The minimum absolute atomic E-state index is 0.412. The van der Waals surface area contributed by atoms with Crippen molar-refractivity contribution < 1.29 is 18.3 Å². The van der Waals surface area contributed by atoms with E-state index in [-0.39, 0.29) is 0 Å². The van der Waals surface area contributed by atoms with E-state index in [0.717, 1.165) is 126 Å². The zero-order chi connectivity index (χ0) is 70.3. The molecular weight excluding hydrogens is 1310 g/mol. The van der Waals surface area contributed by atoms with E-state index in [1.807, 2.05) is 48.5 Å². The summed E-state index contributed by atoms with van der Waals surface area (Å²) in [6.45, 7) is 9.44. The van der Waals surface area contributed by atoms with Crippen LogP contribution >= 0.6 is 0 Å². The fraction of sp³-hybridized carbons (Fsp3) is 0.128. The van der Waals surface area contributed by atoms with Crippen LogP contribution in [0, 0.1) is 35.5 Å². The van der Waals surface area contributed by atoms with Gasteiger partial charge in [-0.15, -0.1) is 33.6 Å². The molecule has 12 aromatic carbocycles. The van der Waals surface area contributed by atoms with Crippen LogP contribution in [-0.4, -0.2) is 51.9 Å². The molecule has 6 aromatic heterocycles. The van der Waals surface area contributed by atoms with Crippen molar-refractivity contribution in [2.75, 3.05) is 13.2 Å². The second kappa shape index (κ2) is 26.0. The first-order chi connectivity index (χ1) is 52.4. The molecule has 2 fully saturated rings. The first-order valence-electron chi connectivity index (χ1n) is 36.7.